The Bertz CT molecular complexity index is 269. The van der Waals surface area contributed by atoms with Crippen molar-refractivity contribution in [1.82, 2.24) is 0 Å². The molecule has 0 aromatic heterocycles. The number of hydrogen-bond donors (Lipinski definition) is 4. The maximum atomic E-state index is 10.5. The van der Waals surface area contributed by atoms with Crippen molar-refractivity contribution in [1.29, 1.82) is 0 Å². The predicted molar refractivity (Wildman–Crippen MR) is 52.9 cm³/mol. The third-order valence-electron chi connectivity index (χ3n) is 1.92. The predicted octanol–water partition coefficient (Wildman–Crippen LogP) is -4.98. The highest BCUT2D eigenvalue weighted by Gasteiger charge is 2.15. The third kappa shape index (κ3) is 10.7. The van der Waals surface area contributed by atoms with E-state index in [4.69, 9.17) is 9.79 Å². The molecule has 8 nitrogen and oxygen atoms in total. The van der Waals surface area contributed by atoms with E-state index in [0.717, 1.165) is 0 Å². The topological polar surface area (TPSA) is 130 Å². The van der Waals surface area contributed by atoms with Crippen LogP contribution in [0.1, 0.15) is 0 Å². The van der Waals surface area contributed by atoms with Gasteiger partial charge in [-0.2, -0.15) is 0 Å². The molecule has 0 rings (SSSR count). The van der Waals surface area contributed by atoms with Gasteiger partial charge in [0.25, 0.3) is 0 Å². The molecule has 0 aliphatic heterocycles. The Balaban J connectivity index is 3.88. The fourth-order valence-corrected chi connectivity index (χ4v) is 2.95. The first kappa shape index (κ1) is 16.2. The van der Waals surface area contributed by atoms with Crippen LogP contribution in [-0.4, -0.2) is 49.5 Å². The summed E-state index contributed by atoms with van der Waals surface area (Å²) in [6.45, 7) is 0.747. The molecule has 4 N–H and O–H groups in total. The average molecular weight is 276 g/mol. The molecule has 0 spiro atoms. The van der Waals surface area contributed by atoms with Gasteiger partial charge >= 0.3 is 0 Å². The van der Waals surface area contributed by atoms with E-state index in [2.05, 4.69) is 0 Å². The molecule has 10 heteroatoms. The molecule has 0 aromatic rings. The van der Waals surface area contributed by atoms with Gasteiger partial charge in [-0.1, -0.05) is 0 Å². The zero-order valence-electron chi connectivity index (χ0n) is 9.25. The van der Waals surface area contributed by atoms with Gasteiger partial charge < -0.3 is 38.5 Å². The van der Waals surface area contributed by atoms with E-state index in [1.54, 1.807) is 14.1 Å². The Morgan fingerprint density at radius 2 is 1.19 bits per heavy atom. The number of hydrogen-bond acceptors (Lipinski definition) is 4. The SMILES string of the molecule is C[NH+](CC[NH+](C)CP(=O)([O-])O)CP(=O)([O-])O. The monoisotopic (exact) mass is 276 g/mol. The van der Waals surface area contributed by atoms with E-state index in [9.17, 15) is 18.9 Å². The van der Waals surface area contributed by atoms with Crippen LogP contribution in [0.3, 0.4) is 0 Å². The molecular formula is C6H18N2O6P2. The zero-order valence-corrected chi connectivity index (χ0v) is 11.0. The molecule has 4 atom stereocenters. The van der Waals surface area contributed by atoms with Crippen LogP contribution in [-0.2, 0) is 9.13 Å². The fourth-order valence-electron chi connectivity index (χ4n) is 1.27. The van der Waals surface area contributed by atoms with Gasteiger partial charge in [-0.25, -0.2) is 0 Å². The minimum atomic E-state index is -4.28. The van der Waals surface area contributed by atoms with Crippen LogP contribution < -0.4 is 19.6 Å². The minimum Gasteiger partial charge on any atom is -0.775 e. The molecule has 16 heavy (non-hydrogen) atoms. The fraction of sp³-hybridized carbons (Fsp3) is 1.00. The maximum absolute atomic E-state index is 10.5. The number of rotatable bonds is 7. The molecule has 0 heterocycles. The zero-order chi connectivity index (χ0) is 13.0. The van der Waals surface area contributed by atoms with Crippen LogP contribution in [0.15, 0.2) is 0 Å². The van der Waals surface area contributed by atoms with Crippen LogP contribution >= 0.6 is 15.2 Å². The smallest absolute Gasteiger partial charge is 0.187 e. The van der Waals surface area contributed by atoms with Crippen molar-refractivity contribution in [3.63, 3.8) is 0 Å². The first-order chi connectivity index (χ1) is 6.99. The lowest BCUT2D eigenvalue weighted by molar-refractivity contribution is -0.929. The van der Waals surface area contributed by atoms with E-state index < -0.39 is 27.8 Å². The van der Waals surface area contributed by atoms with E-state index in [-0.39, 0.29) is 0 Å². The molecule has 0 radical (unpaired) electrons. The van der Waals surface area contributed by atoms with E-state index in [0.29, 0.717) is 22.9 Å². The summed E-state index contributed by atoms with van der Waals surface area (Å²) in [5, 5.41) is 0. The Morgan fingerprint density at radius 1 is 0.938 bits per heavy atom. The highest BCUT2D eigenvalue weighted by atomic mass is 31.2. The minimum absolute atomic E-state index is 0.374. The molecule has 0 fully saturated rings. The lowest BCUT2D eigenvalue weighted by atomic mass is 10.5. The normalized spacial score (nSPS) is 23.1. The van der Waals surface area contributed by atoms with Gasteiger partial charge in [0.1, 0.15) is 25.7 Å². The molecule has 0 aliphatic carbocycles. The number of nitrogens with one attached hydrogen (secondary N) is 2. The van der Waals surface area contributed by atoms with Gasteiger partial charge in [0, 0.05) is 0 Å². The number of quaternary nitrogens is 2. The highest BCUT2D eigenvalue weighted by Crippen LogP contribution is 2.24. The summed E-state index contributed by atoms with van der Waals surface area (Å²) in [5.41, 5.74) is 0. The molecule has 0 aromatic carbocycles. The largest absolute Gasteiger partial charge is 0.775 e. The summed E-state index contributed by atoms with van der Waals surface area (Å²) >= 11 is 0. The Morgan fingerprint density at radius 3 is 1.38 bits per heavy atom. The van der Waals surface area contributed by atoms with Crippen molar-refractivity contribution >= 4 is 15.2 Å². The van der Waals surface area contributed by atoms with Crippen molar-refractivity contribution in [3.8, 4) is 0 Å². The van der Waals surface area contributed by atoms with Gasteiger partial charge in [0.15, 0.2) is 15.2 Å². The summed E-state index contributed by atoms with van der Waals surface area (Å²) < 4.78 is 21.1. The second kappa shape index (κ2) is 6.23. The molecule has 0 bridgehead atoms. The Hall–Kier alpha value is 0.220. The van der Waals surface area contributed by atoms with Gasteiger partial charge in [0.05, 0.1) is 14.1 Å². The van der Waals surface area contributed by atoms with Crippen molar-refractivity contribution in [2.75, 3.05) is 39.8 Å². The Labute approximate surface area is 94.2 Å². The second-order valence-electron chi connectivity index (χ2n) is 4.01. The van der Waals surface area contributed by atoms with Crippen molar-refractivity contribution in [2.24, 2.45) is 0 Å². The van der Waals surface area contributed by atoms with Crippen LogP contribution in [0, 0.1) is 0 Å². The molecule has 0 amide bonds. The molecule has 98 valence electrons. The van der Waals surface area contributed by atoms with Gasteiger partial charge in [-0.3, -0.25) is 0 Å². The lowest BCUT2D eigenvalue weighted by Gasteiger charge is -2.24. The standard InChI is InChI=1S/C6H18N2O6P2/c1-7(5-15(9,10)11)3-4-8(2)6-16(12,13)14/h3-6H2,1-2H3,(H2,9,10,11)(H2,12,13,14). The molecule has 4 unspecified atom stereocenters. The lowest BCUT2D eigenvalue weighted by Crippen LogP contribution is -3.17. The molecule has 0 aliphatic rings. The van der Waals surface area contributed by atoms with Crippen LogP contribution in [0.2, 0.25) is 0 Å². The molecule has 0 saturated heterocycles. The van der Waals surface area contributed by atoms with Crippen LogP contribution in [0.25, 0.3) is 0 Å². The Kier molecular flexibility index (Phi) is 6.32. The highest BCUT2D eigenvalue weighted by molar-refractivity contribution is 7.50. The van der Waals surface area contributed by atoms with Crippen LogP contribution in [0.4, 0.5) is 0 Å². The first-order valence-electron chi connectivity index (χ1n) is 4.68. The van der Waals surface area contributed by atoms with Crippen LogP contribution in [0.5, 0.6) is 0 Å². The third-order valence-corrected chi connectivity index (χ3v) is 3.80. The molecular weight excluding hydrogens is 258 g/mol. The van der Waals surface area contributed by atoms with Gasteiger partial charge in [-0.05, 0) is 0 Å². The van der Waals surface area contributed by atoms with Gasteiger partial charge in [-0.15, -0.1) is 0 Å². The van der Waals surface area contributed by atoms with Crippen molar-refractivity contribution in [2.45, 2.75) is 0 Å². The van der Waals surface area contributed by atoms with Crippen molar-refractivity contribution in [3.05, 3.63) is 0 Å². The summed E-state index contributed by atoms with van der Waals surface area (Å²) in [6.07, 6.45) is -0.789. The first-order valence-corrected chi connectivity index (χ1v) is 8.20. The van der Waals surface area contributed by atoms with E-state index in [1.165, 1.54) is 0 Å². The summed E-state index contributed by atoms with van der Waals surface area (Å²) in [5.74, 6) is 0. The van der Waals surface area contributed by atoms with E-state index >= 15 is 0 Å². The maximum Gasteiger partial charge on any atom is 0.187 e. The average Bonchev–Trinajstić information content (AvgIpc) is 1.94. The van der Waals surface area contributed by atoms with Gasteiger partial charge in [0.2, 0.25) is 0 Å². The summed E-state index contributed by atoms with van der Waals surface area (Å²) in [7, 11) is -5.42. The van der Waals surface area contributed by atoms with E-state index in [1.807, 2.05) is 0 Å². The second-order valence-corrected chi connectivity index (χ2v) is 7.19. The summed E-state index contributed by atoms with van der Waals surface area (Å²) in [6, 6.07) is 0. The van der Waals surface area contributed by atoms with Crippen molar-refractivity contribution < 1.29 is 38.5 Å². The quantitative estimate of drug-likeness (QED) is 0.345. The molecule has 0 saturated carbocycles. The number of likely N-dealkylation sites (N-methyl/N-ethyl adjacent to an activating group) is 2. The summed E-state index contributed by atoms with van der Waals surface area (Å²) in [4.78, 5) is 39.3.